The number of carbonyl (C=O) groups excluding carboxylic acids is 1. The summed E-state index contributed by atoms with van der Waals surface area (Å²) in [6.45, 7) is 14.6. The Morgan fingerprint density at radius 3 is 1.56 bits per heavy atom. The zero-order valence-corrected chi connectivity index (χ0v) is 35.4. The molecule has 0 heterocycles. The fourth-order valence-electron chi connectivity index (χ4n) is 17.8. The van der Waals surface area contributed by atoms with Crippen LogP contribution in [0.2, 0.25) is 0 Å². The van der Waals surface area contributed by atoms with Crippen molar-refractivity contribution in [2.45, 2.75) is 194 Å². The van der Waals surface area contributed by atoms with Crippen molar-refractivity contribution in [1.82, 2.24) is 0 Å². The Kier molecular flexibility index (Phi) is 10.9. The number of fused-ring (bicyclic) bond motifs is 10. The Balaban J connectivity index is 0.845. The van der Waals surface area contributed by atoms with Crippen LogP contribution in [0.1, 0.15) is 170 Å². The van der Waals surface area contributed by atoms with E-state index in [-0.39, 0.29) is 58.5 Å². The molecule has 0 aromatic carbocycles. The first kappa shape index (κ1) is 40.6. The molecule has 0 aliphatic heterocycles. The summed E-state index contributed by atoms with van der Waals surface area (Å²) in [6, 6.07) is 0. The van der Waals surface area contributed by atoms with Crippen LogP contribution < -0.4 is 0 Å². The van der Waals surface area contributed by atoms with Crippen molar-refractivity contribution in [2.75, 3.05) is 0 Å². The molecule has 8 fully saturated rings. The van der Waals surface area contributed by atoms with Crippen molar-refractivity contribution >= 4 is 11.9 Å². The number of hydrogen-bond donors (Lipinski definition) is 4. The number of aliphatic hydroxyl groups excluding tert-OH is 3. The maximum atomic E-state index is 13.5. The van der Waals surface area contributed by atoms with Crippen LogP contribution in [0.15, 0.2) is 0 Å². The third kappa shape index (κ3) is 6.69. The molecule has 7 heteroatoms. The van der Waals surface area contributed by atoms with Crippen LogP contribution in [0.25, 0.3) is 0 Å². The van der Waals surface area contributed by atoms with Crippen LogP contribution in [-0.2, 0) is 14.3 Å². The van der Waals surface area contributed by atoms with E-state index in [0.29, 0.717) is 77.4 Å². The van der Waals surface area contributed by atoms with Crippen LogP contribution in [0.3, 0.4) is 0 Å². The van der Waals surface area contributed by atoms with Gasteiger partial charge in [-0.3, -0.25) is 9.59 Å². The number of carboxylic acid groups (broad SMARTS) is 1. The van der Waals surface area contributed by atoms with Crippen LogP contribution in [-0.4, -0.2) is 56.8 Å². The van der Waals surface area contributed by atoms with Crippen molar-refractivity contribution in [3.8, 4) is 0 Å². The summed E-state index contributed by atoms with van der Waals surface area (Å²) in [7, 11) is 0. The Morgan fingerprint density at radius 1 is 0.582 bits per heavy atom. The number of carboxylic acids is 1. The van der Waals surface area contributed by atoms with Gasteiger partial charge in [-0.1, -0.05) is 41.5 Å². The van der Waals surface area contributed by atoms with Gasteiger partial charge in [0.15, 0.2) is 0 Å². The van der Waals surface area contributed by atoms with E-state index in [1.165, 1.54) is 32.1 Å². The molecule has 8 rings (SSSR count). The first-order valence-electron chi connectivity index (χ1n) is 23.4. The first-order valence-corrected chi connectivity index (χ1v) is 23.4. The van der Waals surface area contributed by atoms with Crippen LogP contribution in [0, 0.1) is 92.7 Å². The Hall–Kier alpha value is -1.18. The number of aliphatic carboxylic acids is 1. The minimum absolute atomic E-state index is 0.0401. The highest BCUT2D eigenvalue weighted by molar-refractivity contribution is 5.69. The van der Waals surface area contributed by atoms with Crippen LogP contribution in [0.5, 0.6) is 0 Å². The Bertz CT molecular complexity index is 1430. The van der Waals surface area contributed by atoms with Crippen LogP contribution >= 0.6 is 0 Å². The molecule has 0 aromatic heterocycles. The molecule has 8 saturated carbocycles. The predicted octanol–water partition coefficient (Wildman–Crippen LogP) is 9.44. The molecule has 0 saturated heterocycles. The average Bonchev–Trinajstić information content (AvgIpc) is 3.67. The van der Waals surface area contributed by atoms with Crippen molar-refractivity contribution in [2.24, 2.45) is 92.7 Å². The molecular weight excluding hydrogens is 689 g/mol. The lowest BCUT2D eigenvalue weighted by Crippen LogP contribution is -2.58. The third-order valence-electron chi connectivity index (χ3n) is 20.7. The molecule has 7 nitrogen and oxygen atoms in total. The summed E-state index contributed by atoms with van der Waals surface area (Å²) in [5, 5.41) is 43.3. The highest BCUT2D eigenvalue weighted by Gasteiger charge is 2.65. The van der Waals surface area contributed by atoms with Gasteiger partial charge >= 0.3 is 11.9 Å². The number of carbonyl (C=O) groups is 2. The molecule has 55 heavy (non-hydrogen) atoms. The summed E-state index contributed by atoms with van der Waals surface area (Å²) in [5.74, 6) is 4.85. The second-order valence-corrected chi connectivity index (χ2v) is 22.8. The number of aliphatic hydroxyl groups is 3. The zero-order chi connectivity index (χ0) is 39.2. The van der Waals surface area contributed by atoms with Gasteiger partial charge < -0.3 is 25.2 Å². The predicted molar refractivity (Wildman–Crippen MR) is 214 cm³/mol. The molecule has 0 radical (unpaired) electrons. The number of hydrogen-bond acceptors (Lipinski definition) is 6. The maximum Gasteiger partial charge on any atom is 0.306 e. The normalized spacial score (nSPS) is 52.7. The minimum atomic E-state index is -0.696. The number of rotatable bonds is 9. The third-order valence-corrected chi connectivity index (χ3v) is 20.7. The van der Waals surface area contributed by atoms with E-state index >= 15 is 0 Å². The van der Waals surface area contributed by atoms with Gasteiger partial charge in [-0.2, -0.15) is 0 Å². The van der Waals surface area contributed by atoms with E-state index in [1.54, 1.807) is 0 Å². The quantitative estimate of drug-likeness (QED) is 0.173. The van der Waals surface area contributed by atoms with Crippen molar-refractivity contribution in [1.29, 1.82) is 0 Å². The fourth-order valence-corrected chi connectivity index (χ4v) is 17.8. The molecule has 0 aromatic rings. The van der Waals surface area contributed by atoms with Crippen LogP contribution in [0.4, 0.5) is 0 Å². The molecule has 0 amide bonds. The second kappa shape index (κ2) is 14.8. The van der Waals surface area contributed by atoms with Gasteiger partial charge in [0.2, 0.25) is 0 Å². The molecule has 5 unspecified atom stereocenters. The van der Waals surface area contributed by atoms with Gasteiger partial charge in [0.25, 0.3) is 0 Å². The molecule has 20 atom stereocenters. The summed E-state index contributed by atoms with van der Waals surface area (Å²) in [4.78, 5) is 24.9. The molecular formula is C48H78O7. The topological polar surface area (TPSA) is 124 Å². The SMILES string of the molecule is C[C@H](CCC(=O)O)[C@H]1CC[C@H]2[C@@H]3[C@@H](O)CC4C[C@@H](OC(=O)CC[C@@H](C)[C@H]5CCC6C7C(CC[C@@]65C)[C@@]5(C)CC[C@@H](O)CC5C[C@H]7O)CC[C@]4(C)[C@H]3CC[C@]12C. The van der Waals surface area contributed by atoms with Crippen molar-refractivity contribution in [3.05, 3.63) is 0 Å². The number of ether oxygens (including phenoxy) is 1. The van der Waals surface area contributed by atoms with Gasteiger partial charge in [-0.25, -0.2) is 0 Å². The molecule has 312 valence electrons. The van der Waals surface area contributed by atoms with E-state index in [4.69, 9.17) is 4.74 Å². The molecule has 8 aliphatic rings. The van der Waals surface area contributed by atoms with E-state index in [1.807, 2.05) is 0 Å². The minimum Gasteiger partial charge on any atom is -0.481 e. The molecule has 0 spiro atoms. The summed E-state index contributed by atoms with van der Waals surface area (Å²) in [5.41, 5.74) is 0.812. The number of esters is 1. The lowest BCUT2D eigenvalue weighted by molar-refractivity contribution is -0.183. The second-order valence-electron chi connectivity index (χ2n) is 22.8. The Labute approximate surface area is 332 Å². The lowest BCUT2D eigenvalue weighted by Gasteiger charge is -2.62. The largest absolute Gasteiger partial charge is 0.481 e. The molecule has 8 aliphatic carbocycles. The van der Waals surface area contributed by atoms with Gasteiger partial charge in [-0.15, -0.1) is 0 Å². The fraction of sp³-hybridized carbons (Fsp3) is 0.958. The smallest absolute Gasteiger partial charge is 0.306 e. The van der Waals surface area contributed by atoms with Crippen molar-refractivity contribution in [3.63, 3.8) is 0 Å². The van der Waals surface area contributed by atoms with E-state index < -0.39 is 5.97 Å². The van der Waals surface area contributed by atoms with Gasteiger partial charge in [0.1, 0.15) is 6.10 Å². The Morgan fingerprint density at radius 2 is 1.04 bits per heavy atom. The lowest BCUT2D eigenvalue weighted by atomic mass is 9.43. The molecule has 4 N–H and O–H groups in total. The summed E-state index contributed by atoms with van der Waals surface area (Å²) < 4.78 is 6.31. The average molecular weight is 767 g/mol. The van der Waals surface area contributed by atoms with E-state index in [9.17, 15) is 30.0 Å². The van der Waals surface area contributed by atoms with Gasteiger partial charge in [0.05, 0.1) is 18.3 Å². The summed E-state index contributed by atoms with van der Waals surface area (Å²) in [6.07, 6.45) is 18.4. The van der Waals surface area contributed by atoms with E-state index in [0.717, 1.165) is 83.5 Å². The zero-order valence-electron chi connectivity index (χ0n) is 35.4. The standard InChI is InChI=1S/C48H78O7/c1-27(7-13-41(52)53)33-9-11-36-44-38(18-22-47(33,36)5)46(4)20-16-32(24-30(46)26-40(44)51)55-42(54)14-8-28(2)34-10-12-35-43-37(17-21-48(34,35)6)45(3)19-15-31(49)23-29(45)25-39(43)50/h27-40,43-44,49-51H,7-26H2,1-6H3,(H,52,53)/t27-,28-,29?,30?,31-,32+,33-,34-,35?,36+,37?,38+,39-,40+,43?,44+,45+,46+,47-,48-/m1/s1. The first-order chi connectivity index (χ1) is 26.0. The highest BCUT2D eigenvalue weighted by atomic mass is 16.5. The highest BCUT2D eigenvalue weighted by Crippen LogP contribution is 2.70. The van der Waals surface area contributed by atoms with Gasteiger partial charge in [-0.05, 0) is 208 Å². The maximum absolute atomic E-state index is 13.5. The van der Waals surface area contributed by atoms with E-state index in [2.05, 4.69) is 41.5 Å². The summed E-state index contributed by atoms with van der Waals surface area (Å²) >= 11 is 0. The van der Waals surface area contributed by atoms with Crippen molar-refractivity contribution < 1.29 is 34.8 Å². The monoisotopic (exact) mass is 767 g/mol. The van der Waals surface area contributed by atoms with Gasteiger partial charge in [0, 0.05) is 12.8 Å². The molecule has 0 bridgehead atoms.